The van der Waals surface area contributed by atoms with Gasteiger partial charge >= 0.3 is 0 Å². The van der Waals surface area contributed by atoms with Gasteiger partial charge in [-0.3, -0.25) is 0 Å². The van der Waals surface area contributed by atoms with Crippen LogP contribution in [0, 0.1) is 12.8 Å². The zero-order valence-corrected chi connectivity index (χ0v) is 27.5. The smallest absolute Gasteiger partial charge is 0.0227 e. The van der Waals surface area contributed by atoms with Crippen LogP contribution in [-0.4, -0.2) is 0 Å². The zero-order chi connectivity index (χ0) is 31.1. The molecular formula is C45H42. The summed E-state index contributed by atoms with van der Waals surface area (Å²) in [6, 6.07) is 39.5. The van der Waals surface area contributed by atoms with Crippen LogP contribution in [0.1, 0.15) is 80.0 Å². The molecular weight excluding hydrogens is 540 g/mol. The van der Waals surface area contributed by atoms with Gasteiger partial charge in [0.25, 0.3) is 0 Å². The molecule has 3 aliphatic rings. The molecule has 0 bridgehead atoms. The van der Waals surface area contributed by atoms with Crippen LogP contribution in [0.4, 0.5) is 0 Å². The van der Waals surface area contributed by atoms with E-state index in [4.69, 9.17) is 0 Å². The van der Waals surface area contributed by atoms with Gasteiger partial charge in [-0.1, -0.05) is 148 Å². The molecule has 5 aromatic carbocycles. The number of fused-ring (bicyclic) bond motifs is 6. The highest BCUT2D eigenvalue weighted by Crippen LogP contribution is 2.54. The Morgan fingerprint density at radius 2 is 1.31 bits per heavy atom. The van der Waals surface area contributed by atoms with Crippen LogP contribution in [0.3, 0.4) is 0 Å². The molecule has 0 spiro atoms. The predicted octanol–water partition coefficient (Wildman–Crippen LogP) is 11.9. The molecule has 0 amide bonds. The van der Waals surface area contributed by atoms with Gasteiger partial charge in [0.15, 0.2) is 0 Å². The Kier molecular flexibility index (Phi) is 6.27. The lowest BCUT2D eigenvalue weighted by atomic mass is 9.74. The van der Waals surface area contributed by atoms with E-state index in [0.29, 0.717) is 5.92 Å². The first-order valence-corrected chi connectivity index (χ1v) is 16.6. The van der Waals surface area contributed by atoms with Crippen molar-refractivity contribution in [2.24, 2.45) is 5.92 Å². The molecule has 0 saturated carbocycles. The van der Waals surface area contributed by atoms with Crippen molar-refractivity contribution in [1.29, 1.82) is 0 Å². The van der Waals surface area contributed by atoms with Crippen LogP contribution >= 0.6 is 0 Å². The molecule has 0 aliphatic heterocycles. The average Bonchev–Trinajstić information content (AvgIpc) is 3.43. The van der Waals surface area contributed by atoms with E-state index in [0.717, 1.165) is 12.8 Å². The summed E-state index contributed by atoms with van der Waals surface area (Å²) in [6.07, 6.45) is 6.77. The molecule has 45 heavy (non-hydrogen) atoms. The van der Waals surface area contributed by atoms with Gasteiger partial charge in [-0.05, 0) is 111 Å². The highest BCUT2D eigenvalue weighted by molar-refractivity contribution is 5.88. The Bertz CT molecular complexity index is 2060. The quantitative estimate of drug-likeness (QED) is 0.198. The number of aryl methyl sites for hydroxylation is 1. The summed E-state index contributed by atoms with van der Waals surface area (Å²) in [4.78, 5) is 0. The van der Waals surface area contributed by atoms with Crippen molar-refractivity contribution >= 4 is 5.57 Å². The maximum Gasteiger partial charge on any atom is 0.0227 e. The minimum atomic E-state index is -0.118. The summed E-state index contributed by atoms with van der Waals surface area (Å²) in [6.45, 7) is 14.1. The van der Waals surface area contributed by atoms with E-state index in [1.165, 1.54) is 83.5 Å². The van der Waals surface area contributed by atoms with Crippen molar-refractivity contribution in [3.63, 3.8) is 0 Å². The van der Waals surface area contributed by atoms with Gasteiger partial charge in [0.2, 0.25) is 0 Å². The van der Waals surface area contributed by atoms with E-state index in [1.807, 2.05) is 0 Å². The molecule has 2 unspecified atom stereocenters. The molecule has 2 atom stereocenters. The second kappa shape index (κ2) is 10.0. The summed E-state index contributed by atoms with van der Waals surface area (Å²) in [5, 5.41) is 0. The molecule has 0 heterocycles. The second-order valence-electron chi connectivity index (χ2n) is 14.6. The van der Waals surface area contributed by atoms with E-state index >= 15 is 0 Å². The van der Waals surface area contributed by atoms with Gasteiger partial charge in [-0.15, -0.1) is 0 Å². The van der Waals surface area contributed by atoms with Crippen LogP contribution in [0.5, 0.6) is 0 Å². The third-order valence-electron chi connectivity index (χ3n) is 11.3. The number of rotatable bonds is 4. The molecule has 0 aromatic heterocycles. The first-order chi connectivity index (χ1) is 21.6. The normalized spacial score (nSPS) is 20.5. The molecule has 0 saturated heterocycles. The van der Waals surface area contributed by atoms with E-state index < -0.39 is 0 Å². The van der Waals surface area contributed by atoms with Crippen LogP contribution in [0.15, 0.2) is 121 Å². The van der Waals surface area contributed by atoms with Crippen molar-refractivity contribution < 1.29 is 0 Å². The minimum Gasteiger partial charge on any atom is -0.0702 e. The van der Waals surface area contributed by atoms with E-state index in [9.17, 15) is 0 Å². The number of allylic oxidation sites excluding steroid dienone is 4. The van der Waals surface area contributed by atoms with Gasteiger partial charge in [0.05, 0.1) is 0 Å². The lowest BCUT2D eigenvalue weighted by Gasteiger charge is -2.29. The SMILES string of the molecule is CC1=CC=C(c2cccc3c2C(C)(C)c2ccc(CC4(C)c5ccccc5-c5ccc(-c6ccc(C)cc6)cc54)cc2-3)CC1C. The summed E-state index contributed by atoms with van der Waals surface area (Å²) in [5.41, 5.74) is 20.9. The Labute approximate surface area is 269 Å². The fraction of sp³-hybridized carbons (Fsp3) is 0.244. The maximum atomic E-state index is 2.52. The van der Waals surface area contributed by atoms with Crippen molar-refractivity contribution in [1.82, 2.24) is 0 Å². The lowest BCUT2D eigenvalue weighted by molar-refractivity contribution is 0.582. The molecule has 0 N–H and O–H groups in total. The van der Waals surface area contributed by atoms with Crippen LogP contribution in [-0.2, 0) is 17.3 Å². The van der Waals surface area contributed by atoms with Crippen molar-refractivity contribution in [2.75, 3.05) is 0 Å². The highest BCUT2D eigenvalue weighted by atomic mass is 14.4. The summed E-state index contributed by atoms with van der Waals surface area (Å²) < 4.78 is 0. The molecule has 3 aliphatic carbocycles. The second-order valence-corrected chi connectivity index (χ2v) is 14.6. The molecule has 5 aromatic rings. The zero-order valence-electron chi connectivity index (χ0n) is 27.5. The van der Waals surface area contributed by atoms with Gasteiger partial charge < -0.3 is 0 Å². The third kappa shape index (κ3) is 4.26. The number of hydrogen-bond acceptors (Lipinski definition) is 0. The summed E-state index contributed by atoms with van der Waals surface area (Å²) in [5.74, 6) is 0.587. The van der Waals surface area contributed by atoms with Crippen molar-refractivity contribution in [2.45, 2.75) is 65.2 Å². The van der Waals surface area contributed by atoms with E-state index in [-0.39, 0.29) is 10.8 Å². The maximum absolute atomic E-state index is 2.52. The highest BCUT2D eigenvalue weighted by Gasteiger charge is 2.41. The summed E-state index contributed by atoms with van der Waals surface area (Å²) >= 11 is 0. The minimum absolute atomic E-state index is 0.0422. The molecule has 0 radical (unpaired) electrons. The molecule has 0 nitrogen and oxygen atoms in total. The van der Waals surface area contributed by atoms with Gasteiger partial charge in [-0.25, -0.2) is 0 Å². The van der Waals surface area contributed by atoms with E-state index in [1.54, 1.807) is 0 Å². The first kappa shape index (κ1) is 28.1. The Hall–Kier alpha value is -4.42. The summed E-state index contributed by atoms with van der Waals surface area (Å²) in [7, 11) is 0. The van der Waals surface area contributed by atoms with Gasteiger partial charge in [0.1, 0.15) is 0 Å². The van der Waals surface area contributed by atoms with Gasteiger partial charge in [0, 0.05) is 10.8 Å². The predicted molar refractivity (Wildman–Crippen MR) is 192 cm³/mol. The Balaban J connectivity index is 1.23. The monoisotopic (exact) mass is 582 g/mol. The van der Waals surface area contributed by atoms with Crippen molar-refractivity contribution in [3.05, 3.63) is 160 Å². The lowest BCUT2D eigenvalue weighted by Crippen LogP contribution is -2.24. The molecule has 0 fully saturated rings. The largest absolute Gasteiger partial charge is 0.0702 e. The van der Waals surface area contributed by atoms with Crippen molar-refractivity contribution in [3.8, 4) is 33.4 Å². The van der Waals surface area contributed by atoms with E-state index in [2.05, 4.69) is 157 Å². The van der Waals surface area contributed by atoms with Crippen LogP contribution in [0.25, 0.3) is 39.0 Å². The Morgan fingerprint density at radius 1 is 0.600 bits per heavy atom. The van der Waals surface area contributed by atoms with Gasteiger partial charge in [-0.2, -0.15) is 0 Å². The van der Waals surface area contributed by atoms with Crippen LogP contribution < -0.4 is 0 Å². The average molecular weight is 583 g/mol. The third-order valence-corrected chi connectivity index (χ3v) is 11.3. The fourth-order valence-corrected chi connectivity index (χ4v) is 8.58. The topological polar surface area (TPSA) is 0 Å². The Morgan fingerprint density at radius 3 is 2.11 bits per heavy atom. The number of benzene rings is 5. The molecule has 0 heteroatoms. The van der Waals surface area contributed by atoms with Crippen LogP contribution in [0.2, 0.25) is 0 Å². The fourth-order valence-electron chi connectivity index (χ4n) is 8.58. The first-order valence-electron chi connectivity index (χ1n) is 16.6. The molecule has 8 rings (SSSR count). The standard InChI is InChI=1S/C45H42/c1-28-14-18-32(19-15-28)33-21-22-37-36-10-7-8-13-41(36)45(6,42(37)26-33)27-31-17-23-40-39(25-31)38-12-9-11-35(43(38)44(40,4)5)34-20-16-29(2)30(3)24-34/h7-23,25-26,30H,24,27H2,1-6H3. The molecule has 222 valence electrons. The number of hydrogen-bond donors (Lipinski definition) is 0.